The Morgan fingerprint density at radius 1 is 1.09 bits per heavy atom. The van der Waals surface area contributed by atoms with Gasteiger partial charge in [0.05, 0.1) is 12.2 Å². The van der Waals surface area contributed by atoms with Gasteiger partial charge < -0.3 is 10.5 Å². The van der Waals surface area contributed by atoms with E-state index >= 15 is 0 Å². The molecular weight excluding hydrogens is 162 g/mol. The highest BCUT2D eigenvalue weighted by Gasteiger charge is 2.16. The third-order valence-corrected chi connectivity index (χ3v) is 0.877. The second kappa shape index (κ2) is 4.29. The zero-order valence-corrected chi connectivity index (χ0v) is 8.92. The minimum atomic E-state index is -0.215. The van der Waals surface area contributed by atoms with Gasteiger partial charge in [0.15, 0.2) is 0 Å². The first-order valence-corrected chi connectivity index (χ1v) is 3.64. The van der Waals surface area contributed by atoms with Gasteiger partial charge in [-0.3, -0.25) is 0 Å². The average molecular weight is 182 g/mol. The lowest BCUT2D eigenvalue weighted by Gasteiger charge is -2.26. The number of ether oxygens (including phenoxy) is 1. The fraction of sp³-hybridized carbons (Fsp3) is 1.00. The summed E-state index contributed by atoms with van der Waals surface area (Å²) in [5.41, 5.74) is 5.43. The fourth-order valence-electron chi connectivity index (χ4n) is 0.403. The van der Waals surface area contributed by atoms with Crippen LogP contribution in [0.4, 0.5) is 0 Å². The van der Waals surface area contributed by atoms with Crippen molar-refractivity contribution in [2.24, 2.45) is 5.73 Å². The Balaban J connectivity index is 0. The molecule has 70 valence electrons. The van der Waals surface area contributed by atoms with Gasteiger partial charge in [-0.2, -0.15) is 0 Å². The Kier molecular flexibility index (Phi) is 5.37. The molecule has 0 saturated carbocycles. The van der Waals surface area contributed by atoms with Crippen LogP contribution >= 0.6 is 12.4 Å². The summed E-state index contributed by atoms with van der Waals surface area (Å²) in [5, 5.41) is 0. The second-order valence-corrected chi connectivity index (χ2v) is 4.39. The van der Waals surface area contributed by atoms with Crippen molar-refractivity contribution >= 4 is 12.4 Å². The molecule has 0 aliphatic rings. The monoisotopic (exact) mass is 181 g/mol. The van der Waals surface area contributed by atoms with Gasteiger partial charge in [-0.25, -0.2) is 0 Å². The number of hydrogen-bond acceptors (Lipinski definition) is 2. The largest absolute Gasteiger partial charge is 0.374 e. The summed E-state index contributed by atoms with van der Waals surface area (Å²) in [6.07, 6.45) is 0. The number of hydrogen-bond donors (Lipinski definition) is 1. The first-order chi connectivity index (χ1) is 4.21. The molecule has 0 amide bonds. The Morgan fingerprint density at radius 3 is 1.55 bits per heavy atom. The highest BCUT2D eigenvalue weighted by Crippen LogP contribution is 2.09. The van der Waals surface area contributed by atoms with Crippen molar-refractivity contribution in [2.45, 2.75) is 45.8 Å². The van der Waals surface area contributed by atoms with E-state index in [0.29, 0.717) is 6.61 Å². The van der Waals surface area contributed by atoms with E-state index in [1.165, 1.54) is 0 Å². The molecule has 0 unspecified atom stereocenters. The summed E-state index contributed by atoms with van der Waals surface area (Å²) in [6, 6.07) is 0. The van der Waals surface area contributed by atoms with E-state index in [0.717, 1.165) is 0 Å². The molecule has 0 radical (unpaired) electrons. The Bertz CT molecular complexity index is 87.6. The molecule has 3 heteroatoms. The quantitative estimate of drug-likeness (QED) is 0.707. The second-order valence-electron chi connectivity index (χ2n) is 4.39. The third kappa shape index (κ3) is 13.2. The van der Waals surface area contributed by atoms with E-state index in [1.807, 2.05) is 34.6 Å². The molecule has 0 saturated heterocycles. The summed E-state index contributed by atoms with van der Waals surface area (Å²) in [6.45, 7) is 10.6. The van der Waals surface area contributed by atoms with Crippen LogP contribution < -0.4 is 5.73 Å². The van der Waals surface area contributed by atoms with Crippen LogP contribution in [0.1, 0.15) is 34.6 Å². The number of rotatable bonds is 2. The van der Waals surface area contributed by atoms with E-state index in [1.54, 1.807) is 0 Å². The van der Waals surface area contributed by atoms with E-state index in [-0.39, 0.29) is 23.5 Å². The molecule has 0 aromatic rings. The predicted molar refractivity (Wildman–Crippen MR) is 51.2 cm³/mol. The molecule has 11 heavy (non-hydrogen) atoms. The standard InChI is InChI=1S/C8H19NO.ClH/c1-7(2,3)10-6-8(4,5)9;/h6,9H2,1-5H3;1H. The van der Waals surface area contributed by atoms with Gasteiger partial charge in [0.1, 0.15) is 0 Å². The summed E-state index contributed by atoms with van der Waals surface area (Å²) >= 11 is 0. The highest BCUT2D eigenvalue weighted by molar-refractivity contribution is 5.85. The summed E-state index contributed by atoms with van der Waals surface area (Å²) in [7, 11) is 0. The molecule has 0 atom stereocenters. The normalized spacial score (nSPS) is 12.5. The van der Waals surface area contributed by atoms with Crippen LogP contribution in [0.25, 0.3) is 0 Å². The van der Waals surface area contributed by atoms with E-state index in [4.69, 9.17) is 10.5 Å². The molecule has 0 fully saturated rings. The zero-order chi connectivity index (χ0) is 8.41. The highest BCUT2D eigenvalue weighted by atomic mass is 35.5. The van der Waals surface area contributed by atoms with Gasteiger partial charge in [-0.15, -0.1) is 12.4 Å². The molecule has 2 N–H and O–H groups in total. The molecule has 0 bridgehead atoms. The third-order valence-electron chi connectivity index (χ3n) is 0.877. The molecule has 0 rings (SSSR count). The summed E-state index contributed by atoms with van der Waals surface area (Å²) < 4.78 is 5.47. The first kappa shape index (κ1) is 13.8. The molecule has 0 aliphatic heterocycles. The van der Waals surface area contributed by atoms with Crippen molar-refractivity contribution in [3.63, 3.8) is 0 Å². The van der Waals surface area contributed by atoms with E-state index in [2.05, 4.69) is 0 Å². The lowest BCUT2D eigenvalue weighted by atomic mass is 10.1. The zero-order valence-electron chi connectivity index (χ0n) is 8.10. The molecule has 0 aliphatic carbocycles. The van der Waals surface area contributed by atoms with Gasteiger partial charge in [0, 0.05) is 5.54 Å². The van der Waals surface area contributed by atoms with Crippen LogP contribution in [0.5, 0.6) is 0 Å². The van der Waals surface area contributed by atoms with Gasteiger partial charge in [0.2, 0.25) is 0 Å². The van der Waals surface area contributed by atoms with Gasteiger partial charge in [0.25, 0.3) is 0 Å². The SMILES string of the molecule is CC(C)(N)COC(C)(C)C.Cl. The average Bonchev–Trinajstić information content (AvgIpc) is 1.57. The van der Waals surface area contributed by atoms with Gasteiger partial charge >= 0.3 is 0 Å². The van der Waals surface area contributed by atoms with Crippen LogP contribution in [0.15, 0.2) is 0 Å². The molecule has 2 nitrogen and oxygen atoms in total. The van der Waals surface area contributed by atoms with Crippen molar-refractivity contribution in [2.75, 3.05) is 6.61 Å². The number of nitrogens with two attached hydrogens (primary N) is 1. The Hall–Kier alpha value is 0.210. The summed E-state index contributed by atoms with van der Waals surface area (Å²) in [5.74, 6) is 0. The van der Waals surface area contributed by atoms with E-state index in [9.17, 15) is 0 Å². The van der Waals surface area contributed by atoms with Crippen LogP contribution in [-0.4, -0.2) is 17.7 Å². The molecule has 0 aromatic heterocycles. The predicted octanol–water partition coefficient (Wildman–Crippen LogP) is 1.96. The van der Waals surface area contributed by atoms with Crippen molar-refractivity contribution in [3.05, 3.63) is 0 Å². The molecule has 0 heterocycles. The lowest BCUT2D eigenvalue weighted by molar-refractivity contribution is -0.0230. The van der Waals surface area contributed by atoms with Gasteiger partial charge in [-0.05, 0) is 34.6 Å². The van der Waals surface area contributed by atoms with Crippen LogP contribution in [0.2, 0.25) is 0 Å². The minimum absolute atomic E-state index is 0. The maximum Gasteiger partial charge on any atom is 0.0647 e. The van der Waals surface area contributed by atoms with E-state index < -0.39 is 0 Å². The lowest BCUT2D eigenvalue weighted by Crippen LogP contribution is -2.40. The minimum Gasteiger partial charge on any atom is -0.374 e. The van der Waals surface area contributed by atoms with Gasteiger partial charge in [-0.1, -0.05) is 0 Å². The number of halogens is 1. The van der Waals surface area contributed by atoms with Crippen LogP contribution in [-0.2, 0) is 4.74 Å². The Morgan fingerprint density at radius 2 is 1.45 bits per heavy atom. The van der Waals surface area contributed by atoms with Crippen LogP contribution in [0, 0.1) is 0 Å². The van der Waals surface area contributed by atoms with Crippen molar-refractivity contribution < 1.29 is 4.74 Å². The summed E-state index contributed by atoms with van der Waals surface area (Å²) in [4.78, 5) is 0. The molecule has 0 spiro atoms. The van der Waals surface area contributed by atoms with Crippen LogP contribution in [0.3, 0.4) is 0 Å². The molecular formula is C8H20ClNO. The van der Waals surface area contributed by atoms with Crippen molar-refractivity contribution in [3.8, 4) is 0 Å². The Labute approximate surface area is 75.9 Å². The fourth-order valence-corrected chi connectivity index (χ4v) is 0.403. The first-order valence-electron chi connectivity index (χ1n) is 3.64. The van der Waals surface area contributed by atoms with Crippen molar-refractivity contribution in [1.82, 2.24) is 0 Å². The molecule has 0 aromatic carbocycles. The van der Waals surface area contributed by atoms with Crippen molar-refractivity contribution in [1.29, 1.82) is 0 Å². The maximum absolute atomic E-state index is 5.72. The maximum atomic E-state index is 5.72. The topological polar surface area (TPSA) is 35.2 Å². The smallest absolute Gasteiger partial charge is 0.0647 e.